The zero-order chi connectivity index (χ0) is 16.0. The molecule has 2 aromatic rings. The number of fused-ring (bicyclic) bond motifs is 3. The van der Waals surface area contributed by atoms with Gasteiger partial charge in [0.15, 0.2) is 0 Å². The minimum absolute atomic E-state index is 0.00921. The van der Waals surface area contributed by atoms with Crippen molar-refractivity contribution in [2.75, 3.05) is 5.32 Å². The molecule has 4 rings (SSSR count). The minimum Gasteiger partial charge on any atom is -0.393 e. The lowest BCUT2D eigenvalue weighted by atomic mass is 10.00. The van der Waals surface area contributed by atoms with Gasteiger partial charge in [-0.05, 0) is 43.9 Å². The molecule has 0 radical (unpaired) electrons. The molecule has 2 aliphatic rings. The largest absolute Gasteiger partial charge is 0.393 e. The molecule has 120 valence electrons. The second-order valence-corrected chi connectivity index (χ2v) is 6.42. The number of nitrogens with one attached hydrogen (secondary N) is 2. The lowest BCUT2D eigenvalue weighted by Gasteiger charge is -2.36. The van der Waals surface area contributed by atoms with Crippen molar-refractivity contribution in [1.29, 1.82) is 0 Å². The van der Waals surface area contributed by atoms with Crippen LogP contribution in [0.3, 0.4) is 0 Å². The fraction of sp³-hybridized carbons (Fsp3) is 0.412. The van der Waals surface area contributed by atoms with Gasteiger partial charge in [-0.2, -0.15) is 0 Å². The average Bonchev–Trinajstić information content (AvgIpc) is 3.10. The molecule has 2 fully saturated rings. The molecule has 3 N–H and O–H groups in total. The first-order chi connectivity index (χ1) is 11.1. The third kappa shape index (κ3) is 2.39. The average molecular weight is 313 g/mol. The van der Waals surface area contributed by atoms with Gasteiger partial charge in [-0.3, -0.25) is 9.59 Å². The monoisotopic (exact) mass is 313 g/mol. The Bertz CT molecular complexity index is 755. The van der Waals surface area contributed by atoms with Crippen LogP contribution >= 0.6 is 0 Å². The van der Waals surface area contributed by atoms with Gasteiger partial charge in [-0.1, -0.05) is 6.07 Å². The van der Waals surface area contributed by atoms with Crippen LogP contribution in [-0.4, -0.2) is 45.0 Å². The highest BCUT2D eigenvalue weighted by Crippen LogP contribution is 2.36. The number of H-pyrrole nitrogens is 1. The van der Waals surface area contributed by atoms with E-state index in [1.54, 1.807) is 17.2 Å². The molecule has 2 saturated heterocycles. The summed E-state index contributed by atoms with van der Waals surface area (Å²) < 4.78 is 0. The number of hydrogen-bond donors (Lipinski definition) is 3. The van der Waals surface area contributed by atoms with Crippen LogP contribution in [-0.2, 0) is 9.59 Å². The Balaban J connectivity index is 1.53. The quantitative estimate of drug-likeness (QED) is 0.699. The van der Waals surface area contributed by atoms with Gasteiger partial charge in [0.05, 0.1) is 11.8 Å². The summed E-state index contributed by atoms with van der Waals surface area (Å²) in [5.41, 5.74) is 1.54. The first-order valence-corrected chi connectivity index (χ1v) is 8.01. The smallest absolute Gasteiger partial charge is 0.313 e. The molecule has 0 saturated carbocycles. The number of aromatic amines is 1. The molecule has 6 nitrogen and oxygen atoms in total. The van der Waals surface area contributed by atoms with Gasteiger partial charge in [0.2, 0.25) is 0 Å². The lowest BCUT2D eigenvalue weighted by Crippen LogP contribution is -2.51. The molecule has 2 amide bonds. The summed E-state index contributed by atoms with van der Waals surface area (Å²) >= 11 is 0. The van der Waals surface area contributed by atoms with E-state index in [9.17, 15) is 14.7 Å². The number of benzene rings is 1. The summed E-state index contributed by atoms with van der Waals surface area (Å²) in [6.07, 6.45) is 4.33. The summed E-state index contributed by atoms with van der Waals surface area (Å²) in [5, 5.41) is 13.4. The Hall–Kier alpha value is -2.34. The normalized spacial score (nSPS) is 26.5. The van der Waals surface area contributed by atoms with Crippen LogP contribution in [0.2, 0.25) is 0 Å². The fourth-order valence-electron chi connectivity index (χ4n) is 3.97. The summed E-state index contributed by atoms with van der Waals surface area (Å²) in [6, 6.07) is 7.39. The number of aromatic nitrogens is 1. The zero-order valence-electron chi connectivity index (χ0n) is 12.7. The van der Waals surface area contributed by atoms with E-state index in [4.69, 9.17) is 0 Å². The highest BCUT2D eigenvalue weighted by Gasteiger charge is 2.44. The Morgan fingerprint density at radius 3 is 2.65 bits per heavy atom. The van der Waals surface area contributed by atoms with Crippen molar-refractivity contribution in [3.8, 4) is 0 Å². The van der Waals surface area contributed by atoms with E-state index in [-0.39, 0.29) is 18.2 Å². The van der Waals surface area contributed by atoms with Crippen LogP contribution in [0.5, 0.6) is 0 Å². The van der Waals surface area contributed by atoms with Gasteiger partial charge >= 0.3 is 11.8 Å². The van der Waals surface area contributed by atoms with Crippen molar-refractivity contribution in [2.24, 2.45) is 0 Å². The number of hydrogen-bond acceptors (Lipinski definition) is 3. The first kappa shape index (κ1) is 14.3. The number of anilines is 1. The molecule has 0 spiro atoms. The minimum atomic E-state index is -0.605. The van der Waals surface area contributed by atoms with Gasteiger partial charge in [0.1, 0.15) is 0 Å². The molecule has 0 aliphatic carbocycles. The Labute approximate surface area is 133 Å². The molecular weight excluding hydrogens is 294 g/mol. The van der Waals surface area contributed by atoms with Crippen LogP contribution in [0.1, 0.15) is 25.7 Å². The van der Waals surface area contributed by atoms with E-state index >= 15 is 0 Å². The van der Waals surface area contributed by atoms with Crippen LogP contribution < -0.4 is 5.32 Å². The molecule has 2 unspecified atom stereocenters. The Morgan fingerprint density at radius 2 is 1.91 bits per heavy atom. The van der Waals surface area contributed by atoms with Crippen molar-refractivity contribution in [3.63, 3.8) is 0 Å². The van der Waals surface area contributed by atoms with Gasteiger partial charge in [0, 0.05) is 29.2 Å². The number of amides is 2. The van der Waals surface area contributed by atoms with Crippen LogP contribution in [0.4, 0.5) is 5.69 Å². The standard InChI is InChI=1S/C17H19N3O3/c21-12-8-10-4-5-11(9-12)20(10)17(23)16(22)19-15-3-1-2-14-13(15)6-7-18-14/h1-3,6-7,10-12,18,21H,4-5,8-9H2,(H,19,22). The highest BCUT2D eigenvalue weighted by molar-refractivity contribution is 6.40. The third-order valence-corrected chi connectivity index (χ3v) is 4.98. The van der Waals surface area contributed by atoms with Crippen molar-refractivity contribution in [2.45, 2.75) is 43.9 Å². The number of piperidine rings is 1. The predicted octanol–water partition coefficient (Wildman–Crippen LogP) is 1.62. The molecule has 2 atom stereocenters. The summed E-state index contributed by atoms with van der Waals surface area (Å²) in [4.78, 5) is 29.7. The lowest BCUT2D eigenvalue weighted by molar-refractivity contribution is -0.147. The molecule has 2 bridgehead atoms. The zero-order valence-corrected chi connectivity index (χ0v) is 12.7. The number of aliphatic hydroxyl groups is 1. The molecule has 23 heavy (non-hydrogen) atoms. The summed E-state index contributed by atoms with van der Waals surface area (Å²) in [6.45, 7) is 0. The van der Waals surface area contributed by atoms with E-state index in [2.05, 4.69) is 10.3 Å². The maximum Gasteiger partial charge on any atom is 0.313 e. The van der Waals surface area contributed by atoms with Gasteiger partial charge in [-0.15, -0.1) is 0 Å². The SMILES string of the molecule is O=C(Nc1cccc2[nH]ccc12)C(=O)N1C2CCC1CC(O)C2. The van der Waals surface area contributed by atoms with E-state index in [0.717, 1.165) is 23.7 Å². The number of nitrogens with zero attached hydrogens (tertiary/aromatic N) is 1. The maximum absolute atomic E-state index is 12.6. The highest BCUT2D eigenvalue weighted by atomic mass is 16.3. The van der Waals surface area contributed by atoms with Crippen molar-refractivity contribution in [1.82, 2.24) is 9.88 Å². The van der Waals surface area contributed by atoms with Crippen molar-refractivity contribution >= 4 is 28.4 Å². The third-order valence-electron chi connectivity index (χ3n) is 4.98. The molecule has 1 aromatic heterocycles. The summed E-state index contributed by atoms with van der Waals surface area (Å²) in [7, 11) is 0. The van der Waals surface area contributed by atoms with Gasteiger partial charge in [-0.25, -0.2) is 0 Å². The topological polar surface area (TPSA) is 85.4 Å². The first-order valence-electron chi connectivity index (χ1n) is 8.01. The maximum atomic E-state index is 12.6. The second-order valence-electron chi connectivity index (χ2n) is 6.42. The van der Waals surface area contributed by atoms with Crippen molar-refractivity contribution in [3.05, 3.63) is 30.5 Å². The van der Waals surface area contributed by atoms with E-state index < -0.39 is 11.8 Å². The number of carbonyl (C=O) groups excluding carboxylic acids is 2. The fourth-order valence-corrected chi connectivity index (χ4v) is 3.97. The number of carbonyl (C=O) groups is 2. The van der Waals surface area contributed by atoms with E-state index in [1.165, 1.54) is 0 Å². The molecular formula is C17H19N3O3. The Kier molecular flexibility index (Phi) is 3.34. The number of aliphatic hydroxyl groups excluding tert-OH is 1. The second kappa shape index (κ2) is 5.38. The molecule has 2 aliphatic heterocycles. The van der Waals surface area contributed by atoms with E-state index in [1.807, 2.05) is 18.2 Å². The Morgan fingerprint density at radius 1 is 1.17 bits per heavy atom. The molecule has 1 aromatic carbocycles. The van der Waals surface area contributed by atoms with Crippen LogP contribution in [0.25, 0.3) is 10.9 Å². The summed E-state index contributed by atoms with van der Waals surface area (Å²) in [5.74, 6) is -1.09. The van der Waals surface area contributed by atoms with Gasteiger partial charge < -0.3 is 20.3 Å². The van der Waals surface area contributed by atoms with Crippen LogP contribution in [0, 0.1) is 0 Å². The molecule has 6 heteroatoms. The number of rotatable bonds is 1. The van der Waals surface area contributed by atoms with E-state index in [0.29, 0.717) is 18.5 Å². The van der Waals surface area contributed by atoms with Gasteiger partial charge in [0.25, 0.3) is 0 Å². The van der Waals surface area contributed by atoms with Crippen molar-refractivity contribution < 1.29 is 14.7 Å². The van der Waals surface area contributed by atoms with Crippen LogP contribution in [0.15, 0.2) is 30.5 Å². The predicted molar refractivity (Wildman–Crippen MR) is 85.8 cm³/mol. The molecule has 3 heterocycles.